The number of hydrogen-bond donors (Lipinski definition) is 0. The van der Waals surface area contributed by atoms with E-state index in [4.69, 9.17) is 4.74 Å². The van der Waals surface area contributed by atoms with Crippen LogP contribution in [0, 0.1) is 5.92 Å². The molecule has 0 saturated carbocycles. The average Bonchev–Trinajstić information content (AvgIpc) is 3.08. The van der Waals surface area contributed by atoms with E-state index < -0.39 is 0 Å². The SMILES string of the molecule is C=C1C=CC(CC(=C)C2CCN(Sc3ccc(CCCCC)cc3)CC2)O1. The third-order valence-corrected chi connectivity index (χ3v) is 6.63. The maximum absolute atomic E-state index is 5.68. The zero-order valence-corrected chi connectivity index (χ0v) is 17.5. The van der Waals surface area contributed by atoms with E-state index in [9.17, 15) is 0 Å². The van der Waals surface area contributed by atoms with Crippen LogP contribution < -0.4 is 0 Å². The molecule has 1 atom stereocenters. The van der Waals surface area contributed by atoms with Gasteiger partial charge in [0, 0.05) is 24.4 Å². The van der Waals surface area contributed by atoms with Crippen LogP contribution in [0.1, 0.15) is 51.0 Å². The minimum absolute atomic E-state index is 0.147. The van der Waals surface area contributed by atoms with Gasteiger partial charge in [-0.05, 0) is 73.4 Å². The molecular weight excluding hydrogens is 350 g/mol. The number of unbranched alkanes of at least 4 members (excludes halogenated alkanes) is 2. The van der Waals surface area contributed by atoms with E-state index >= 15 is 0 Å². The molecule has 1 saturated heterocycles. The largest absolute Gasteiger partial charge is 0.487 e. The fourth-order valence-electron chi connectivity index (χ4n) is 3.82. The molecule has 27 heavy (non-hydrogen) atoms. The van der Waals surface area contributed by atoms with Crippen LogP contribution in [0.25, 0.3) is 0 Å². The Kier molecular flexibility index (Phi) is 7.66. The van der Waals surface area contributed by atoms with Gasteiger partial charge in [-0.1, -0.05) is 50.6 Å². The Hall–Kier alpha value is -1.45. The Balaban J connectivity index is 1.39. The van der Waals surface area contributed by atoms with Gasteiger partial charge in [0.15, 0.2) is 0 Å². The second-order valence-electron chi connectivity index (χ2n) is 7.74. The third-order valence-electron chi connectivity index (χ3n) is 5.52. The van der Waals surface area contributed by atoms with Crippen LogP contribution in [0.2, 0.25) is 0 Å². The first-order chi connectivity index (χ1) is 13.1. The lowest BCUT2D eigenvalue weighted by Gasteiger charge is -2.32. The van der Waals surface area contributed by atoms with E-state index in [1.165, 1.54) is 54.6 Å². The molecule has 0 amide bonds. The molecule has 0 radical (unpaired) electrons. The van der Waals surface area contributed by atoms with Crippen molar-refractivity contribution in [3.63, 3.8) is 0 Å². The van der Waals surface area contributed by atoms with Gasteiger partial charge in [-0.15, -0.1) is 0 Å². The Labute approximate surface area is 169 Å². The lowest BCUT2D eigenvalue weighted by Crippen LogP contribution is -2.29. The smallest absolute Gasteiger partial charge is 0.121 e. The number of rotatable bonds is 9. The summed E-state index contributed by atoms with van der Waals surface area (Å²) in [7, 11) is 0. The van der Waals surface area contributed by atoms with E-state index in [0.29, 0.717) is 5.92 Å². The number of hydrogen-bond acceptors (Lipinski definition) is 3. The van der Waals surface area contributed by atoms with E-state index in [-0.39, 0.29) is 6.10 Å². The fraction of sp³-hybridized carbons (Fsp3) is 0.500. The van der Waals surface area contributed by atoms with Crippen molar-refractivity contribution < 1.29 is 4.74 Å². The van der Waals surface area contributed by atoms with Gasteiger partial charge in [0.05, 0.1) is 0 Å². The van der Waals surface area contributed by atoms with E-state index in [1.807, 2.05) is 18.0 Å². The molecule has 2 heterocycles. The molecule has 1 unspecified atom stereocenters. The molecular formula is C24H33NOS. The lowest BCUT2D eigenvalue weighted by molar-refractivity contribution is 0.177. The topological polar surface area (TPSA) is 12.5 Å². The van der Waals surface area contributed by atoms with Crippen LogP contribution in [0.5, 0.6) is 0 Å². The molecule has 2 aliphatic heterocycles. The lowest BCUT2D eigenvalue weighted by atomic mass is 9.88. The van der Waals surface area contributed by atoms with Crippen molar-refractivity contribution >= 4 is 11.9 Å². The molecule has 0 bridgehead atoms. The van der Waals surface area contributed by atoms with Crippen molar-refractivity contribution in [1.82, 2.24) is 4.31 Å². The van der Waals surface area contributed by atoms with Crippen LogP contribution in [0.4, 0.5) is 0 Å². The highest BCUT2D eigenvalue weighted by Crippen LogP contribution is 2.33. The maximum Gasteiger partial charge on any atom is 0.121 e. The Bertz CT molecular complexity index is 655. The summed E-state index contributed by atoms with van der Waals surface area (Å²) in [5.41, 5.74) is 2.80. The molecule has 2 nitrogen and oxygen atoms in total. The zero-order chi connectivity index (χ0) is 19.1. The molecule has 2 aliphatic rings. The van der Waals surface area contributed by atoms with Crippen molar-refractivity contribution in [2.75, 3.05) is 13.1 Å². The first kappa shape index (κ1) is 20.3. The van der Waals surface area contributed by atoms with Crippen molar-refractivity contribution in [1.29, 1.82) is 0 Å². The van der Waals surface area contributed by atoms with Gasteiger partial charge < -0.3 is 4.74 Å². The molecule has 0 aliphatic carbocycles. The number of ether oxygens (including phenoxy) is 1. The summed E-state index contributed by atoms with van der Waals surface area (Å²) in [5, 5.41) is 0. The Morgan fingerprint density at radius 3 is 2.56 bits per heavy atom. The van der Waals surface area contributed by atoms with Gasteiger partial charge in [0.25, 0.3) is 0 Å². The minimum atomic E-state index is 0.147. The Morgan fingerprint density at radius 1 is 1.19 bits per heavy atom. The predicted molar refractivity (Wildman–Crippen MR) is 117 cm³/mol. The van der Waals surface area contributed by atoms with Gasteiger partial charge in [-0.3, -0.25) is 0 Å². The van der Waals surface area contributed by atoms with Crippen molar-refractivity contribution in [2.24, 2.45) is 5.92 Å². The van der Waals surface area contributed by atoms with Crippen LogP contribution in [0.15, 0.2) is 65.8 Å². The molecule has 0 N–H and O–H groups in total. The number of aryl methyl sites for hydroxylation is 1. The molecule has 0 aromatic heterocycles. The first-order valence-corrected chi connectivity index (χ1v) is 11.1. The zero-order valence-electron chi connectivity index (χ0n) is 16.7. The maximum atomic E-state index is 5.68. The molecule has 3 rings (SSSR count). The quantitative estimate of drug-likeness (QED) is 0.272. The summed E-state index contributed by atoms with van der Waals surface area (Å²) in [4.78, 5) is 1.36. The van der Waals surface area contributed by atoms with Crippen LogP contribution in [-0.4, -0.2) is 23.5 Å². The number of nitrogens with zero attached hydrogens (tertiary/aromatic N) is 1. The molecule has 0 spiro atoms. The monoisotopic (exact) mass is 383 g/mol. The number of piperidine rings is 1. The normalized spacial score (nSPS) is 20.8. The summed E-state index contributed by atoms with van der Waals surface area (Å²) in [6, 6.07) is 9.17. The standard InChI is InChI=1S/C24H33NOS/c1-4-5-6-7-21-9-12-24(13-10-21)27-25-16-14-22(15-17-25)19(2)18-23-11-8-20(3)26-23/h8-13,22-23H,2-7,14-18H2,1H3. The minimum Gasteiger partial charge on any atom is -0.487 e. The third kappa shape index (κ3) is 6.29. The average molecular weight is 384 g/mol. The van der Waals surface area contributed by atoms with E-state index in [1.54, 1.807) is 0 Å². The fourth-order valence-corrected chi connectivity index (χ4v) is 4.77. The second-order valence-corrected chi connectivity index (χ2v) is 8.91. The molecule has 1 aromatic rings. The summed E-state index contributed by atoms with van der Waals surface area (Å²) in [6.45, 7) is 12.7. The van der Waals surface area contributed by atoms with Gasteiger partial charge >= 0.3 is 0 Å². The molecule has 146 valence electrons. The van der Waals surface area contributed by atoms with Crippen LogP contribution in [0.3, 0.4) is 0 Å². The van der Waals surface area contributed by atoms with Gasteiger partial charge in [-0.25, -0.2) is 4.31 Å². The second kappa shape index (κ2) is 10.2. The van der Waals surface area contributed by atoms with Crippen LogP contribution >= 0.6 is 11.9 Å². The van der Waals surface area contributed by atoms with Gasteiger partial charge in [-0.2, -0.15) is 0 Å². The highest BCUT2D eigenvalue weighted by Gasteiger charge is 2.24. The highest BCUT2D eigenvalue weighted by molar-refractivity contribution is 7.97. The van der Waals surface area contributed by atoms with Gasteiger partial charge in [0.2, 0.25) is 0 Å². The van der Waals surface area contributed by atoms with E-state index in [0.717, 1.165) is 25.3 Å². The summed E-state index contributed by atoms with van der Waals surface area (Å²) >= 11 is 1.90. The van der Waals surface area contributed by atoms with Gasteiger partial charge in [0.1, 0.15) is 11.9 Å². The molecule has 3 heteroatoms. The summed E-state index contributed by atoms with van der Waals surface area (Å²) < 4.78 is 8.19. The first-order valence-electron chi connectivity index (χ1n) is 10.4. The van der Waals surface area contributed by atoms with E-state index in [2.05, 4.69) is 54.7 Å². The van der Waals surface area contributed by atoms with Crippen molar-refractivity contribution in [3.8, 4) is 0 Å². The Morgan fingerprint density at radius 2 is 1.93 bits per heavy atom. The molecule has 1 fully saturated rings. The summed E-state index contributed by atoms with van der Waals surface area (Å²) in [5.74, 6) is 1.39. The van der Waals surface area contributed by atoms with Crippen molar-refractivity contribution in [3.05, 3.63) is 66.5 Å². The van der Waals surface area contributed by atoms with Crippen LogP contribution in [-0.2, 0) is 11.2 Å². The number of allylic oxidation sites excluding steroid dienone is 1. The molecule has 1 aromatic carbocycles. The predicted octanol–water partition coefficient (Wildman–Crippen LogP) is 6.55. The summed E-state index contributed by atoms with van der Waals surface area (Å²) in [6.07, 6.45) is 12.6. The van der Waals surface area contributed by atoms with Crippen molar-refractivity contribution in [2.45, 2.75) is 62.9 Å². The highest BCUT2D eigenvalue weighted by atomic mass is 32.2. The number of benzene rings is 1.